The van der Waals surface area contributed by atoms with Crippen LogP contribution in [0.25, 0.3) is 0 Å². The summed E-state index contributed by atoms with van der Waals surface area (Å²) in [5.41, 5.74) is 0.624. The zero-order valence-corrected chi connectivity index (χ0v) is 13.1. The van der Waals surface area contributed by atoms with E-state index >= 15 is 0 Å². The molecule has 0 fully saturated rings. The quantitative estimate of drug-likeness (QED) is 0.494. The summed E-state index contributed by atoms with van der Waals surface area (Å²) in [4.78, 5) is 10.7. The third-order valence-corrected chi connectivity index (χ3v) is 3.48. The van der Waals surface area contributed by atoms with E-state index < -0.39 is 11.0 Å². The minimum absolute atomic E-state index is 0.0402. The Balaban J connectivity index is 3.20. The molecule has 7 heteroatoms. The van der Waals surface area contributed by atoms with Crippen LogP contribution in [-0.2, 0) is 5.41 Å². The summed E-state index contributed by atoms with van der Waals surface area (Å²) >= 11 is 11.6. The van der Waals surface area contributed by atoms with Gasteiger partial charge in [-0.15, -0.1) is 11.6 Å². The second-order valence-electron chi connectivity index (χ2n) is 5.55. The minimum atomic E-state index is -0.797. The molecular formula is C13H18Cl2N2O3. The number of hydrogen-bond donors (Lipinski definition) is 2. The number of nitro benzene ring substituents is 1. The molecule has 1 atom stereocenters. The van der Waals surface area contributed by atoms with Gasteiger partial charge >= 0.3 is 0 Å². The molecule has 0 aromatic heterocycles. The maximum absolute atomic E-state index is 11.2. The highest BCUT2D eigenvalue weighted by Crippen LogP contribution is 2.37. The van der Waals surface area contributed by atoms with Crippen molar-refractivity contribution >= 4 is 34.6 Å². The van der Waals surface area contributed by atoms with Gasteiger partial charge in [0.1, 0.15) is 5.69 Å². The van der Waals surface area contributed by atoms with Crippen molar-refractivity contribution in [1.82, 2.24) is 0 Å². The lowest BCUT2D eigenvalue weighted by molar-refractivity contribution is -0.384. The topological polar surface area (TPSA) is 75.4 Å². The van der Waals surface area contributed by atoms with E-state index in [0.717, 1.165) is 5.56 Å². The molecule has 0 aliphatic heterocycles. The summed E-state index contributed by atoms with van der Waals surface area (Å²) in [6.07, 6.45) is -0.797. The maximum atomic E-state index is 11.2. The van der Waals surface area contributed by atoms with E-state index in [4.69, 9.17) is 23.2 Å². The van der Waals surface area contributed by atoms with Gasteiger partial charge in [0.25, 0.3) is 5.69 Å². The van der Waals surface area contributed by atoms with Gasteiger partial charge < -0.3 is 10.4 Å². The van der Waals surface area contributed by atoms with Gasteiger partial charge in [-0.25, -0.2) is 0 Å². The average molecular weight is 321 g/mol. The average Bonchev–Trinajstić information content (AvgIpc) is 2.34. The number of nitro groups is 1. The summed E-state index contributed by atoms with van der Waals surface area (Å²) in [7, 11) is 0. The predicted octanol–water partition coefficient (Wildman–Crippen LogP) is 3.56. The first kappa shape index (κ1) is 17.0. The number of halogens is 2. The van der Waals surface area contributed by atoms with E-state index in [-0.39, 0.29) is 34.2 Å². The molecule has 1 unspecified atom stereocenters. The van der Waals surface area contributed by atoms with E-state index in [1.165, 1.54) is 6.07 Å². The Hall–Kier alpha value is -1.04. The second kappa shape index (κ2) is 6.61. The molecule has 0 spiro atoms. The van der Waals surface area contributed by atoms with Crippen LogP contribution in [0.5, 0.6) is 0 Å². The summed E-state index contributed by atoms with van der Waals surface area (Å²) in [5.74, 6) is 0.0402. The summed E-state index contributed by atoms with van der Waals surface area (Å²) in [6, 6.07) is 3.20. The summed E-state index contributed by atoms with van der Waals surface area (Å²) < 4.78 is 0. The number of anilines is 1. The van der Waals surface area contributed by atoms with Crippen LogP contribution >= 0.6 is 23.2 Å². The molecule has 0 saturated heterocycles. The smallest absolute Gasteiger partial charge is 0.294 e. The number of alkyl halides is 1. The third kappa shape index (κ3) is 4.23. The number of nitrogens with one attached hydrogen (secondary N) is 1. The third-order valence-electron chi connectivity index (χ3n) is 2.82. The van der Waals surface area contributed by atoms with Crippen LogP contribution in [0.3, 0.4) is 0 Å². The number of aliphatic hydroxyl groups excluding tert-OH is 1. The van der Waals surface area contributed by atoms with Crippen LogP contribution in [0.15, 0.2) is 12.1 Å². The van der Waals surface area contributed by atoms with E-state index in [1.807, 2.05) is 20.8 Å². The molecule has 1 aromatic rings. The number of rotatable bonds is 5. The Morgan fingerprint density at radius 1 is 1.45 bits per heavy atom. The van der Waals surface area contributed by atoms with Crippen molar-refractivity contribution in [3.63, 3.8) is 0 Å². The van der Waals surface area contributed by atoms with E-state index in [0.29, 0.717) is 0 Å². The lowest BCUT2D eigenvalue weighted by atomic mass is 9.86. The molecule has 0 radical (unpaired) electrons. The van der Waals surface area contributed by atoms with Crippen LogP contribution in [-0.4, -0.2) is 28.6 Å². The Labute approximate surface area is 128 Å². The lowest BCUT2D eigenvalue weighted by Crippen LogP contribution is -2.21. The van der Waals surface area contributed by atoms with Crippen LogP contribution in [0.4, 0.5) is 11.4 Å². The number of aliphatic hydroxyl groups is 1. The largest absolute Gasteiger partial charge is 0.390 e. The molecule has 0 aliphatic rings. The predicted molar refractivity (Wildman–Crippen MR) is 82.0 cm³/mol. The Morgan fingerprint density at radius 3 is 2.50 bits per heavy atom. The number of benzene rings is 1. The molecule has 1 rings (SSSR count). The van der Waals surface area contributed by atoms with Gasteiger partial charge in [0, 0.05) is 12.6 Å². The molecule has 0 aliphatic carbocycles. The fourth-order valence-electron chi connectivity index (χ4n) is 1.62. The molecule has 2 N–H and O–H groups in total. The molecule has 0 bridgehead atoms. The van der Waals surface area contributed by atoms with Crippen LogP contribution in [0.2, 0.25) is 5.02 Å². The number of nitrogens with zero attached hydrogens (tertiary/aromatic N) is 1. The summed E-state index contributed by atoms with van der Waals surface area (Å²) in [6.45, 7) is 5.95. The Morgan fingerprint density at radius 2 is 2.05 bits per heavy atom. The first-order chi connectivity index (χ1) is 9.16. The van der Waals surface area contributed by atoms with Gasteiger partial charge in [-0.3, -0.25) is 10.1 Å². The first-order valence-corrected chi connectivity index (χ1v) is 7.04. The molecular weight excluding hydrogens is 303 g/mol. The molecule has 0 heterocycles. The highest BCUT2D eigenvalue weighted by atomic mass is 35.5. The summed E-state index contributed by atoms with van der Waals surface area (Å²) in [5, 5.41) is 23.6. The monoisotopic (exact) mass is 320 g/mol. The fourth-order valence-corrected chi connectivity index (χ4v) is 2.01. The van der Waals surface area contributed by atoms with Crippen molar-refractivity contribution in [2.75, 3.05) is 17.7 Å². The van der Waals surface area contributed by atoms with Crippen molar-refractivity contribution < 1.29 is 10.0 Å². The van der Waals surface area contributed by atoms with Crippen molar-refractivity contribution in [3.8, 4) is 0 Å². The normalized spacial score (nSPS) is 13.1. The highest BCUT2D eigenvalue weighted by molar-refractivity contribution is 6.33. The van der Waals surface area contributed by atoms with E-state index in [2.05, 4.69) is 5.32 Å². The molecule has 112 valence electrons. The maximum Gasteiger partial charge on any atom is 0.294 e. The van der Waals surface area contributed by atoms with Gasteiger partial charge in [-0.1, -0.05) is 32.4 Å². The number of hydrogen-bond acceptors (Lipinski definition) is 4. The standard InChI is InChI=1S/C13H18Cl2N2O3/c1-13(2,3)8-4-10(15)12(11(5-8)17(19)20)16-7-9(18)6-14/h4-5,9,16,18H,6-7H2,1-3H3. The molecule has 1 aromatic carbocycles. The van der Waals surface area contributed by atoms with E-state index in [1.54, 1.807) is 6.07 Å². The van der Waals surface area contributed by atoms with Gasteiger partial charge in [0.05, 0.1) is 21.9 Å². The Kier molecular flexibility index (Phi) is 5.62. The van der Waals surface area contributed by atoms with Gasteiger partial charge in [0.2, 0.25) is 0 Å². The van der Waals surface area contributed by atoms with Crippen LogP contribution in [0, 0.1) is 10.1 Å². The fraction of sp³-hybridized carbons (Fsp3) is 0.538. The SMILES string of the molecule is CC(C)(C)c1cc(Cl)c(NCC(O)CCl)c([N+](=O)[O-])c1. The van der Waals surface area contributed by atoms with Crippen molar-refractivity contribution in [1.29, 1.82) is 0 Å². The lowest BCUT2D eigenvalue weighted by Gasteiger charge is -2.20. The Bertz CT molecular complexity index is 501. The van der Waals surface area contributed by atoms with Crippen molar-refractivity contribution in [2.24, 2.45) is 0 Å². The molecule has 0 saturated carbocycles. The van der Waals surface area contributed by atoms with Crippen molar-refractivity contribution in [2.45, 2.75) is 32.3 Å². The zero-order chi connectivity index (χ0) is 15.5. The van der Waals surface area contributed by atoms with E-state index in [9.17, 15) is 15.2 Å². The molecule has 0 amide bonds. The zero-order valence-electron chi connectivity index (χ0n) is 11.6. The first-order valence-electron chi connectivity index (χ1n) is 6.13. The van der Waals surface area contributed by atoms with Crippen LogP contribution < -0.4 is 5.32 Å². The molecule has 20 heavy (non-hydrogen) atoms. The minimum Gasteiger partial charge on any atom is -0.390 e. The van der Waals surface area contributed by atoms with Gasteiger partial charge in [0.15, 0.2) is 0 Å². The highest BCUT2D eigenvalue weighted by Gasteiger charge is 2.24. The second-order valence-corrected chi connectivity index (χ2v) is 6.26. The van der Waals surface area contributed by atoms with Crippen LogP contribution in [0.1, 0.15) is 26.3 Å². The van der Waals surface area contributed by atoms with Gasteiger partial charge in [-0.05, 0) is 17.0 Å². The molecule has 5 nitrogen and oxygen atoms in total. The van der Waals surface area contributed by atoms with Crippen molar-refractivity contribution in [3.05, 3.63) is 32.8 Å². The van der Waals surface area contributed by atoms with Gasteiger partial charge in [-0.2, -0.15) is 0 Å².